The molecule has 2 rings (SSSR count). The zero-order valence-electron chi connectivity index (χ0n) is 14.7. The van der Waals surface area contributed by atoms with Crippen molar-refractivity contribution in [1.82, 2.24) is 4.98 Å². The molecule has 1 aromatic heterocycles. The summed E-state index contributed by atoms with van der Waals surface area (Å²) in [7, 11) is 1.33. The highest BCUT2D eigenvalue weighted by molar-refractivity contribution is 5.82. The number of nitrogens with zero attached hydrogens (tertiary/aromatic N) is 1. The van der Waals surface area contributed by atoms with E-state index in [4.69, 9.17) is 10.8 Å². The van der Waals surface area contributed by atoms with Crippen molar-refractivity contribution in [3.63, 3.8) is 0 Å². The maximum atomic E-state index is 11.3. The fourth-order valence-corrected chi connectivity index (χ4v) is 2.66. The second-order valence-electron chi connectivity index (χ2n) is 5.89. The Kier molecular flexibility index (Phi) is 6.96. The molecule has 0 spiro atoms. The first-order valence-corrected chi connectivity index (χ1v) is 8.29. The molecule has 0 amide bonds. The lowest BCUT2D eigenvalue weighted by atomic mass is 10.0. The molecule has 4 N–H and O–H groups in total. The number of aromatic amines is 1. The number of H-pyrrole nitrogens is 1. The molecule has 0 fully saturated rings. The van der Waals surface area contributed by atoms with Crippen LogP contribution in [0.15, 0.2) is 41.5 Å². The molecule has 1 aromatic carbocycles. The number of nitrogens with one attached hydrogen (secondary N) is 1. The van der Waals surface area contributed by atoms with Gasteiger partial charge in [-0.15, -0.1) is 0 Å². The zero-order valence-corrected chi connectivity index (χ0v) is 14.7. The van der Waals surface area contributed by atoms with Crippen LogP contribution in [0.2, 0.25) is 0 Å². The molecule has 0 saturated carbocycles. The Labute approximate surface area is 151 Å². The van der Waals surface area contributed by atoms with Gasteiger partial charge in [-0.2, -0.15) is 0 Å². The van der Waals surface area contributed by atoms with E-state index in [0.717, 1.165) is 11.1 Å². The number of hydrogen-bond acceptors (Lipinski definition) is 4. The van der Waals surface area contributed by atoms with Crippen LogP contribution < -0.4 is 5.73 Å². The molecule has 7 heteroatoms. The summed E-state index contributed by atoms with van der Waals surface area (Å²) in [4.78, 5) is 29.9. The first-order chi connectivity index (χ1) is 12.5. The van der Waals surface area contributed by atoms with Crippen molar-refractivity contribution in [1.29, 1.82) is 0 Å². The fourth-order valence-electron chi connectivity index (χ4n) is 2.66. The van der Waals surface area contributed by atoms with E-state index in [2.05, 4.69) is 14.7 Å². The molecule has 0 aliphatic heterocycles. The second-order valence-corrected chi connectivity index (χ2v) is 5.89. The molecular formula is C19H23N3O4. The Bertz CT molecular complexity index is 781. The van der Waals surface area contributed by atoms with Crippen LogP contribution in [0.3, 0.4) is 0 Å². The third-order valence-corrected chi connectivity index (χ3v) is 3.99. The molecule has 0 saturated heterocycles. The number of rotatable bonds is 9. The largest absolute Gasteiger partial charge is 0.481 e. The molecule has 0 aliphatic carbocycles. The van der Waals surface area contributed by atoms with Crippen LogP contribution in [0.25, 0.3) is 0 Å². The Morgan fingerprint density at radius 3 is 2.62 bits per heavy atom. The van der Waals surface area contributed by atoms with Gasteiger partial charge in [-0.3, -0.25) is 14.6 Å². The minimum atomic E-state index is -0.939. The molecular weight excluding hydrogens is 334 g/mol. The smallest absolute Gasteiger partial charge is 0.307 e. The van der Waals surface area contributed by atoms with Crippen molar-refractivity contribution in [3.05, 3.63) is 58.9 Å². The summed E-state index contributed by atoms with van der Waals surface area (Å²) in [5.74, 6) is -0.797. The van der Waals surface area contributed by atoms with Gasteiger partial charge in [0.25, 0.3) is 0 Å². The van der Waals surface area contributed by atoms with Gasteiger partial charge in [0.15, 0.2) is 0 Å². The lowest BCUT2D eigenvalue weighted by Gasteiger charge is -2.05. The first-order valence-electron chi connectivity index (χ1n) is 8.29. The van der Waals surface area contributed by atoms with E-state index in [1.54, 1.807) is 6.20 Å². The van der Waals surface area contributed by atoms with Crippen molar-refractivity contribution >= 4 is 17.8 Å². The van der Waals surface area contributed by atoms with E-state index >= 15 is 0 Å². The minimum absolute atomic E-state index is 0.135. The number of methoxy groups -OCH3 is 1. The zero-order chi connectivity index (χ0) is 18.9. The minimum Gasteiger partial charge on any atom is -0.481 e. The topological polar surface area (TPSA) is 118 Å². The number of carboxylic acids is 1. The molecule has 0 unspecified atom stereocenters. The van der Waals surface area contributed by atoms with E-state index < -0.39 is 5.97 Å². The number of nitrogens with two attached hydrogens (primary N) is 1. The van der Waals surface area contributed by atoms with Crippen molar-refractivity contribution in [2.45, 2.75) is 32.2 Å². The van der Waals surface area contributed by atoms with E-state index in [1.807, 2.05) is 30.3 Å². The number of ether oxygens (including phenoxy) is 1. The highest BCUT2D eigenvalue weighted by atomic mass is 16.5. The van der Waals surface area contributed by atoms with Crippen molar-refractivity contribution in [2.24, 2.45) is 10.7 Å². The normalized spacial score (nSPS) is 11.3. The molecule has 2 aromatic rings. The van der Waals surface area contributed by atoms with E-state index in [-0.39, 0.29) is 25.4 Å². The number of aliphatic carboxylic acids is 1. The number of carboxylic acid groups (broad SMARTS) is 1. The van der Waals surface area contributed by atoms with E-state index in [1.165, 1.54) is 7.11 Å². The van der Waals surface area contributed by atoms with Crippen LogP contribution in [-0.2, 0) is 40.1 Å². The number of carbonyl (C=O) groups is 2. The van der Waals surface area contributed by atoms with E-state index in [0.29, 0.717) is 29.9 Å². The Balaban J connectivity index is 2.09. The summed E-state index contributed by atoms with van der Waals surface area (Å²) < 4.78 is 4.63. The van der Waals surface area contributed by atoms with Crippen LogP contribution in [0, 0.1) is 0 Å². The molecule has 0 radical (unpaired) electrons. The lowest BCUT2D eigenvalue weighted by Crippen LogP contribution is -2.15. The second kappa shape index (κ2) is 9.41. The van der Waals surface area contributed by atoms with Crippen molar-refractivity contribution in [3.8, 4) is 0 Å². The monoisotopic (exact) mass is 357 g/mol. The predicted molar refractivity (Wildman–Crippen MR) is 97.9 cm³/mol. The average molecular weight is 357 g/mol. The van der Waals surface area contributed by atoms with Crippen LogP contribution in [0.1, 0.15) is 28.8 Å². The molecule has 0 atom stereocenters. The summed E-state index contributed by atoms with van der Waals surface area (Å²) >= 11 is 0. The van der Waals surface area contributed by atoms with Gasteiger partial charge in [-0.25, -0.2) is 0 Å². The quantitative estimate of drug-likeness (QED) is 0.360. The number of esters is 1. The summed E-state index contributed by atoms with van der Waals surface area (Å²) in [6.45, 7) is 0.263. The van der Waals surface area contributed by atoms with Crippen LogP contribution in [0.5, 0.6) is 0 Å². The van der Waals surface area contributed by atoms with Gasteiger partial charge in [0.1, 0.15) is 0 Å². The van der Waals surface area contributed by atoms with Gasteiger partial charge in [-0.1, -0.05) is 30.3 Å². The van der Waals surface area contributed by atoms with Crippen LogP contribution in [-0.4, -0.2) is 35.0 Å². The molecule has 0 bridgehead atoms. The number of aromatic nitrogens is 1. The lowest BCUT2D eigenvalue weighted by molar-refractivity contribution is -0.140. The highest BCUT2D eigenvalue weighted by Gasteiger charge is 2.15. The third-order valence-electron chi connectivity index (χ3n) is 3.99. The summed E-state index contributed by atoms with van der Waals surface area (Å²) in [6, 6.07) is 9.75. The molecule has 1 heterocycles. The number of aliphatic imine (C=N–C) groups is 1. The fraction of sp³-hybridized carbons (Fsp3) is 0.316. The van der Waals surface area contributed by atoms with Gasteiger partial charge in [0, 0.05) is 24.7 Å². The van der Waals surface area contributed by atoms with Gasteiger partial charge >= 0.3 is 11.9 Å². The molecule has 7 nitrogen and oxygen atoms in total. The third kappa shape index (κ3) is 5.77. The Hall–Kier alpha value is -3.09. The maximum absolute atomic E-state index is 11.3. The van der Waals surface area contributed by atoms with Gasteiger partial charge in [-0.05, 0) is 23.1 Å². The highest BCUT2D eigenvalue weighted by Crippen LogP contribution is 2.18. The Morgan fingerprint density at radius 1 is 1.23 bits per heavy atom. The standard InChI is InChI=1S/C19H23N3O4/c1-26-19(25)8-7-14-11-21-16(15(14)10-18(23)24)12-22-17(20)9-13-5-3-2-4-6-13/h2-6,11,21H,7-10,12H2,1H3,(H2,20,22)(H,23,24). The number of aryl methyl sites for hydroxylation is 1. The summed E-state index contributed by atoms with van der Waals surface area (Å²) in [5.41, 5.74) is 9.18. The molecule has 0 aliphatic rings. The first kappa shape index (κ1) is 19.2. The number of carbonyl (C=O) groups excluding carboxylic acids is 1. The molecule has 26 heavy (non-hydrogen) atoms. The number of hydrogen-bond donors (Lipinski definition) is 3. The maximum Gasteiger partial charge on any atom is 0.307 e. The predicted octanol–water partition coefficient (Wildman–Crippen LogP) is 1.85. The van der Waals surface area contributed by atoms with Crippen molar-refractivity contribution < 1.29 is 19.4 Å². The number of amidine groups is 1. The summed E-state index contributed by atoms with van der Waals surface area (Å²) in [5, 5.41) is 9.16. The Morgan fingerprint density at radius 2 is 1.96 bits per heavy atom. The SMILES string of the molecule is COC(=O)CCc1c[nH]c(CN=C(N)Cc2ccccc2)c1CC(=O)O. The summed E-state index contributed by atoms with van der Waals surface area (Å²) in [6.07, 6.45) is 2.72. The number of benzene rings is 1. The average Bonchev–Trinajstić information content (AvgIpc) is 2.99. The van der Waals surface area contributed by atoms with Gasteiger partial charge < -0.3 is 20.6 Å². The molecule has 138 valence electrons. The van der Waals surface area contributed by atoms with Crippen LogP contribution >= 0.6 is 0 Å². The van der Waals surface area contributed by atoms with E-state index in [9.17, 15) is 9.59 Å². The van der Waals surface area contributed by atoms with Crippen molar-refractivity contribution in [2.75, 3.05) is 7.11 Å². The van der Waals surface area contributed by atoms with Gasteiger partial charge in [0.2, 0.25) is 0 Å². The van der Waals surface area contributed by atoms with Gasteiger partial charge in [0.05, 0.1) is 25.9 Å². The van der Waals surface area contributed by atoms with Crippen LogP contribution in [0.4, 0.5) is 0 Å².